The summed E-state index contributed by atoms with van der Waals surface area (Å²) >= 11 is 5.30. The number of hydrogen-bond acceptors (Lipinski definition) is 3. The van der Waals surface area contributed by atoms with E-state index >= 15 is 0 Å². The molecule has 2 N–H and O–H groups in total. The van der Waals surface area contributed by atoms with E-state index in [0.29, 0.717) is 5.11 Å². The molecule has 0 unspecified atom stereocenters. The second-order valence-corrected chi connectivity index (χ2v) is 5.93. The molecule has 0 aliphatic heterocycles. The standard InChI is InChI=1S/C20H19N3OS/c1-14(16-12-11-15-7-3-4-8-17(15)13-16)22-23-20(25)21-18-9-5-6-10-19(18)24-2/h3-13H,1-2H3,(H2,21,23,25)/b22-14+. The van der Waals surface area contributed by atoms with Gasteiger partial charge >= 0.3 is 0 Å². The SMILES string of the molecule is COc1ccccc1NC(=S)N/N=C(\C)c1ccc2ccccc2c1. The second-order valence-electron chi connectivity index (χ2n) is 5.53. The van der Waals surface area contributed by atoms with Gasteiger partial charge in [0.15, 0.2) is 5.11 Å². The number of thiocarbonyl (C=S) groups is 1. The van der Waals surface area contributed by atoms with Gasteiger partial charge in [-0.2, -0.15) is 5.10 Å². The van der Waals surface area contributed by atoms with Crippen molar-refractivity contribution in [2.24, 2.45) is 5.10 Å². The first-order valence-corrected chi connectivity index (χ1v) is 8.31. The molecule has 3 aromatic carbocycles. The Hall–Kier alpha value is -2.92. The molecular formula is C20H19N3OS. The molecule has 0 bridgehead atoms. The van der Waals surface area contributed by atoms with Crippen LogP contribution in [0.1, 0.15) is 12.5 Å². The fraction of sp³-hybridized carbons (Fsp3) is 0.100. The molecule has 0 aliphatic rings. The Morgan fingerprint density at radius 3 is 2.48 bits per heavy atom. The predicted molar refractivity (Wildman–Crippen MR) is 109 cm³/mol. The minimum atomic E-state index is 0.407. The molecule has 0 saturated carbocycles. The molecular weight excluding hydrogens is 330 g/mol. The van der Waals surface area contributed by atoms with E-state index in [1.807, 2.05) is 43.3 Å². The summed E-state index contributed by atoms with van der Waals surface area (Å²) in [5.41, 5.74) is 5.58. The van der Waals surface area contributed by atoms with Crippen molar-refractivity contribution in [1.29, 1.82) is 0 Å². The van der Waals surface area contributed by atoms with Crippen LogP contribution >= 0.6 is 12.2 Å². The van der Waals surface area contributed by atoms with Gasteiger partial charge in [-0.05, 0) is 53.7 Å². The van der Waals surface area contributed by atoms with Gasteiger partial charge in [0.25, 0.3) is 0 Å². The molecule has 0 fully saturated rings. The lowest BCUT2D eigenvalue weighted by Crippen LogP contribution is -2.25. The number of para-hydroxylation sites is 2. The van der Waals surface area contributed by atoms with Crippen LogP contribution in [0.4, 0.5) is 5.69 Å². The summed E-state index contributed by atoms with van der Waals surface area (Å²) in [5, 5.41) is 10.3. The van der Waals surface area contributed by atoms with Gasteiger partial charge in [-0.3, -0.25) is 5.43 Å². The van der Waals surface area contributed by atoms with Crippen LogP contribution in [0.25, 0.3) is 10.8 Å². The average Bonchev–Trinajstić information content (AvgIpc) is 2.66. The van der Waals surface area contributed by atoms with E-state index in [4.69, 9.17) is 17.0 Å². The number of benzene rings is 3. The summed E-state index contributed by atoms with van der Waals surface area (Å²) in [4.78, 5) is 0. The Morgan fingerprint density at radius 1 is 0.960 bits per heavy atom. The van der Waals surface area contributed by atoms with Gasteiger partial charge in [-0.1, -0.05) is 48.5 Å². The average molecular weight is 349 g/mol. The number of rotatable bonds is 4. The van der Waals surface area contributed by atoms with Gasteiger partial charge in [-0.15, -0.1) is 0 Å². The lowest BCUT2D eigenvalue weighted by molar-refractivity contribution is 0.417. The van der Waals surface area contributed by atoms with Crippen LogP contribution in [0.15, 0.2) is 71.8 Å². The van der Waals surface area contributed by atoms with E-state index in [9.17, 15) is 0 Å². The lowest BCUT2D eigenvalue weighted by Gasteiger charge is -2.11. The highest BCUT2D eigenvalue weighted by atomic mass is 32.1. The monoisotopic (exact) mass is 349 g/mol. The van der Waals surface area contributed by atoms with E-state index in [-0.39, 0.29) is 0 Å². The first kappa shape index (κ1) is 16.9. The largest absolute Gasteiger partial charge is 0.495 e. The van der Waals surface area contributed by atoms with Crippen molar-refractivity contribution in [3.05, 3.63) is 72.3 Å². The van der Waals surface area contributed by atoms with Crippen LogP contribution in [-0.4, -0.2) is 17.9 Å². The number of methoxy groups -OCH3 is 1. The topological polar surface area (TPSA) is 45.6 Å². The highest BCUT2D eigenvalue weighted by Gasteiger charge is 2.04. The fourth-order valence-electron chi connectivity index (χ4n) is 2.51. The maximum Gasteiger partial charge on any atom is 0.191 e. The van der Waals surface area contributed by atoms with Gasteiger partial charge in [-0.25, -0.2) is 0 Å². The lowest BCUT2D eigenvalue weighted by atomic mass is 10.0. The third kappa shape index (κ3) is 4.14. The van der Waals surface area contributed by atoms with Gasteiger partial charge in [0.2, 0.25) is 0 Å². The van der Waals surface area contributed by atoms with Crippen molar-refractivity contribution < 1.29 is 4.74 Å². The molecule has 5 heteroatoms. The summed E-state index contributed by atoms with van der Waals surface area (Å²) in [6, 6.07) is 22.1. The summed E-state index contributed by atoms with van der Waals surface area (Å²) < 4.78 is 5.30. The van der Waals surface area contributed by atoms with Crippen LogP contribution in [0, 0.1) is 0 Å². The molecule has 0 amide bonds. The van der Waals surface area contributed by atoms with Crippen LogP contribution < -0.4 is 15.5 Å². The molecule has 0 radical (unpaired) electrons. The normalized spacial score (nSPS) is 11.2. The molecule has 0 saturated heterocycles. The van der Waals surface area contributed by atoms with E-state index in [1.54, 1.807) is 7.11 Å². The number of nitrogens with one attached hydrogen (secondary N) is 2. The van der Waals surface area contributed by atoms with Crippen LogP contribution in [-0.2, 0) is 0 Å². The van der Waals surface area contributed by atoms with Gasteiger partial charge in [0, 0.05) is 0 Å². The number of hydrogen-bond donors (Lipinski definition) is 2. The molecule has 0 atom stereocenters. The van der Waals surface area contributed by atoms with Crippen LogP contribution in [0.2, 0.25) is 0 Å². The minimum Gasteiger partial charge on any atom is -0.495 e. The molecule has 126 valence electrons. The second kappa shape index (κ2) is 7.77. The Kier molecular flexibility index (Phi) is 5.26. The van der Waals surface area contributed by atoms with E-state index in [2.05, 4.69) is 46.2 Å². The number of ether oxygens (including phenoxy) is 1. The van der Waals surface area contributed by atoms with Crippen molar-refractivity contribution in [2.45, 2.75) is 6.92 Å². The summed E-state index contributed by atoms with van der Waals surface area (Å²) in [6.07, 6.45) is 0. The highest BCUT2D eigenvalue weighted by molar-refractivity contribution is 7.80. The molecule has 0 aromatic heterocycles. The van der Waals surface area contributed by atoms with E-state index < -0.39 is 0 Å². The molecule has 4 nitrogen and oxygen atoms in total. The maximum absolute atomic E-state index is 5.30. The number of anilines is 1. The molecule has 3 aromatic rings. The fourth-order valence-corrected chi connectivity index (χ4v) is 2.67. The molecule has 0 aliphatic carbocycles. The smallest absolute Gasteiger partial charge is 0.191 e. The Morgan fingerprint density at radius 2 is 1.68 bits per heavy atom. The van der Waals surface area contributed by atoms with Crippen molar-refractivity contribution in [3.8, 4) is 5.75 Å². The predicted octanol–water partition coefficient (Wildman–Crippen LogP) is 4.56. The van der Waals surface area contributed by atoms with Crippen LogP contribution in [0.3, 0.4) is 0 Å². The van der Waals surface area contributed by atoms with Gasteiger partial charge in [0.05, 0.1) is 18.5 Å². The van der Waals surface area contributed by atoms with Crippen molar-refractivity contribution >= 4 is 39.5 Å². The molecule has 25 heavy (non-hydrogen) atoms. The first-order chi connectivity index (χ1) is 12.2. The Labute approximate surface area is 152 Å². The molecule has 0 spiro atoms. The summed E-state index contributed by atoms with van der Waals surface area (Å²) in [7, 11) is 1.62. The molecule has 0 heterocycles. The zero-order valence-corrected chi connectivity index (χ0v) is 14.9. The number of nitrogens with zero attached hydrogens (tertiary/aromatic N) is 1. The third-order valence-electron chi connectivity index (χ3n) is 3.85. The number of hydrazone groups is 1. The third-order valence-corrected chi connectivity index (χ3v) is 4.04. The first-order valence-electron chi connectivity index (χ1n) is 7.91. The quantitative estimate of drug-likeness (QED) is 0.412. The maximum atomic E-state index is 5.30. The minimum absolute atomic E-state index is 0.407. The van der Waals surface area contributed by atoms with Crippen molar-refractivity contribution in [2.75, 3.05) is 12.4 Å². The van der Waals surface area contributed by atoms with E-state index in [1.165, 1.54) is 10.8 Å². The van der Waals surface area contributed by atoms with Gasteiger partial charge < -0.3 is 10.1 Å². The summed E-state index contributed by atoms with van der Waals surface area (Å²) in [5.74, 6) is 0.724. The Bertz CT molecular complexity index is 937. The Balaban J connectivity index is 1.70. The van der Waals surface area contributed by atoms with Crippen LogP contribution in [0.5, 0.6) is 5.75 Å². The number of fused-ring (bicyclic) bond motifs is 1. The zero-order valence-electron chi connectivity index (χ0n) is 14.1. The van der Waals surface area contributed by atoms with E-state index in [0.717, 1.165) is 22.7 Å². The van der Waals surface area contributed by atoms with Crippen molar-refractivity contribution in [3.63, 3.8) is 0 Å². The van der Waals surface area contributed by atoms with Gasteiger partial charge in [0.1, 0.15) is 5.75 Å². The van der Waals surface area contributed by atoms with Crippen molar-refractivity contribution in [1.82, 2.24) is 5.43 Å². The zero-order chi connectivity index (χ0) is 17.6. The highest BCUT2D eigenvalue weighted by Crippen LogP contribution is 2.22. The summed E-state index contributed by atoms with van der Waals surface area (Å²) in [6.45, 7) is 1.95. The molecule has 3 rings (SSSR count).